The second-order valence-corrected chi connectivity index (χ2v) is 9.23. The van der Waals surface area contributed by atoms with Gasteiger partial charge in [-0.3, -0.25) is 24.7 Å². The number of amides is 1. The van der Waals surface area contributed by atoms with E-state index in [9.17, 15) is 14.9 Å². The van der Waals surface area contributed by atoms with Crippen LogP contribution in [0.4, 0.5) is 17.2 Å². The molecule has 1 amide bonds. The standard InChI is InChI=1S/C25H26IN5O4/c1-35-23-7-3-2-6-22(23)29-15-12-28(13-16-29)14-17-30(24-8-4-5-11-27-24)25(32)19-9-10-21(31(33)34)20(26)18-19/h2-11,18H,12-17H2,1H3. The molecule has 0 radical (unpaired) electrons. The lowest BCUT2D eigenvalue weighted by Crippen LogP contribution is -2.49. The number of pyridine rings is 1. The lowest BCUT2D eigenvalue weighted by atomic mass is 10.1. The molecule has 0 aliphatic carbocycles. The molecule has 0 bridgehead atoms. The van der Waals surface area contributed by atoms with Crippen molar-refractivity contribution in [2.45, 2.75) is 0 Å². The molecule has 0 unspecified atom stereocenters. The van der Waals surface area contributed by atoms with E-state index >= 15 is 0 Å². The zero-order valence-corrected chi connectivity index (χ0v) is 21.5. The van der Waals surface area contributed by atoms with E-state index in [1.165, 1.54) is 12.1 Å². The topological polar surface area (TPSA) is 92.0 Å². The van der Waals surface area contributed by atoms with E-state index in [1.807, 2.05) is 46.9 Å². The van der Waals surface area contributed by atoms with Gasteiger partial charge in [-0.05, 0) is 59.0 Å². The predicted molar refractivity (Wildman–Crippen MR) is 143 cm³/mol. The van der Waals surface area contributed by atoms with E-state index in [4.69, 9.17) is 4.74 Å². The molecule has 10 heteroatoms. The van der Waals surface area contributed by atoms with Gasteiger partial charge in [0.2, 0.25) is 0 Å². The molecular formula is C25H26IN5O4. The Balaban J connectivity index is 1.44. The summed E-state index contributed by atoms with van der Waals surface area (Å²) >= 11 is 1.89. The van der Waals surface area contributed by atoms with Gasteiger partial charge in [0.1, 0.15) is 11.6 Å². The van der Waals surface area contributed by atoms with Crippen LogP contribution < -0.4 is 14.5 Å². The van der Waals surface area contributed by atoms with Gasteiger partial charge in [0.05, 0.1) is 21.3 Å². The fourth-order valence-corrected chi connectivity index (χ4v) is 4.83. The van der Waals surface area contributed by atoms with Crippen LogP contribution in [0.3, 0.4) is 0 Å². The molecule has 4 rings (SSSR count). The normalized spacial score (nSPS) is 13.9. The molecule has 0 saturated carbocycles. The monoisotopic (exact) mass is 587 g/mol. The number of hydrogen-bond donors (Lipinski definition) is 0. The maximum atomic E-state index is 13.4. The molecule has 2 aromatic carbocycles. The van der Waals surface area contributed by atoms with Gasteiger partial charge in [-0.1, -0.05) is 18.2 Å². The molecule has 182 valence electrons. The lowest BCUT2D eigenvalue weighted by molar-refractivity contribution is -0.385. The Morgan fingerprint density at radius 3 is 2.51 bits per heavy atom. The SMILES string of the molecule is COc1ccccc1N1CCN(CCN(C(=O)c2ccc([N+](=O)[O-])c(I)c2)c2ccccn2)CC1. The summed E-state index contributed by atoms with van der Waals surface area (Å²) in [6.07, 6.45) is 1.65. The van der Waals surface area contributed by atoms with E-state index in [2.05, 4.69) is 20.9 Å². The van der Waals surface area contributed by atoms with Crippen LogP contribution in [-0.2, 0) is 0 Å². The number of nitrogens with zero attached hydrogens (tertiary/aromatic N) is 5. The van der Waals surface area contributed by atoms with Crippen LogP contribution in [0.25, 0.3) is 0 Å². The summed E-state index contributed by atoms with van der Waals surface area (Å²) in [4.78, 5) is 34.8. The summed E-state index contributed by atoms with van der Waals surface area (Å²) < 4.78 is 5.93. The highest BCUT2D eigenvalue weighted by Crippen LogP contribution is 2.28. The summed E-state index contributed by atoms with van der Waals surface area (Å²) in [5, 5.41) is 11.2. The number of aromatic nitrogens is 1. The van der Waals surface area contributed by atoms with Gasteiger partial charge in [-0.25, -0.2) is 4.98 Å². The first-order valence-corrected chi connectivity index (χ1v) is 12.3. The highest BCUT2D eigenvalue weighted by molar-refractivity contribution is 14.1. The summed E-state index contributed by atoms with van der Waals surface area (Å²) in [6, 6.07) is 17.9. The minimum atomic E-state index is -0.447. The van der Waals surface area contributed by atoms with Crippen molar-refractivity contribution in [1.29, 1.82) is 0 Å². The van der Waals surface area contributed by atoms with Crippen LogP contribution in [0.15, 0.2) is 66.9 Å². The highest BCUT2D eigenvalue weighted by Gasteiger charge is 2.24. The summed E-state index contributed by atoms with van der Waals surface area (Å²) in [6.45, 7) is 4.58. The number of carbonyl (C=O) groups is 1. The van der Waals surface area contributed by atoms with E-state index in [1.54, 1.807) is 36.4 Å². The largest absolute Gasteiger partial charge is 0.495 e. The maximum Gasteiger partial charge on any atom is 0.282 e. The second-order valence-electron chi connectivity index (χ2n) is 8.07. The number of para-hydroxylation sites is 2. The summed E-state index contributed by atoms with van der Waals surface area (Å²) in [5.41, 5.74) is 1.47. The Labute approximate surface area is 217 Å². The fraction of sp³-hybridized carbons (Fsp3) is 0.280. The number of nitro groups is 1. The molecule has 1 saturated heterocycles. The Morgan fingerprint density at radius 1 is 1.11 bits per heavy atom. The van der Waals surface area contributed by atoms with Gasteiger partial charge < -0.3 is 9.64 Å². The third kappa shape index (κ3) is 5.88. The van der Waals surface area contributed by atoms with Gasteiger partial charge in [0.25, 0.3) is 11.6 Å². The van der Waals surface area contributed by atoms with Crippen molar-refractivity contribution >= 4 is 45.7 Å². The first-order valence-electron chi connectivity index (χ1n) is 11.2. The summed E-state index contributed by atoms with van der Waals surface area (Å²) in [7, 11) is 1.68. The van der Waals surface area contributed by atoms with Crippen molar-refractivity contribution in [3.05, 3.63) is 86.1 Å². The zero-order valence-electron chi connectivity index (χ0n) is 19.3. The van der Waals surface area contributed by atoms with Crippen LogP contribution in [0.2, 0.25) is 0 Å². The average molecular weight is 587 g/mol. The van der Waals surface area contributed by atoms with E-state index in [0.717, 1.165) is 37.6 Å². The third-order valence-electron chi connectivity index (χ3n) is 6.00. The minimum absolute atomic E-state index is 0.0144. The number of nitro benzene ring substituents is 1. The summed E-state index contributed by atoms with van der Waals surface area (Å²) in [5.74, 6) is 1.19. The number of anilines is 2. The Bertz CT molecular complexity index is 1190. The predicted octanol–water partition coefficient (Wildman–Crippen LogP) is 4.07. The van der Waals surface area contributed by atoms with Crippen molar-refractivity contribution in [3.8, 4) is 5.75 Å². The van der Waals surface area contributed by atoms with Crippen molar-refractivity contribution in [2.75, 3.05) is 56.2 Å². The first-order chi connectivity index (χ1) is 17.0. The van der Waals surface area contributed by atoms with Gasteiger partial charge in [-0.2, -0.15) is 0 Å². The molecular weight excluding hydrogens is 561 g/mol. The molecule has 0 spiro atoms. The molecule has 1 aliphatic heterocycles. The fourth-order valence-electron chi connectivity index (χ4n) is 4.12. The van der Waals surface area contributed by atoms with Gasteiger partial charge >= 0.3 is 0 Å². The van der Waals surface area contributed by atoms with Crippen molar-refractivity contribution in [3.63, 3.8) is 0 Å². The molecule has 0 atom stereocenters. The average Bonchev–Trinajstić information content (AvgIpc) is 2.89. The molecule has 1 fully saturated rings. The third-order valence-corrected chi connectivity index (χ3v) is 6.86. The van der Waals surface area contributed by atoms with Crippen LogP contribution in [0, 0.1) is 13.7 Å². The van der Waals surface area contributed by atoms with E-state index < -0.39 is 4.92 Å². The number of ether oxygens (including phenoxy) is 1. The number of methoxy groups -OCH3 is 1. The number of piperazine rings is 1. The Kier molecular flexibility index (Phi) is 8.13. The highest BCUT2D eigenvalue weighted by atomic mass is 127. The van der Waals surface area contributed by atoms with Crippen LogP contribution in [0.1, 0.15) is 10.4 Å². The first kappa shape index (κ1) is 24.9. The molecule has 0 N–H and O–H groups in total. The number of rotatable bonds is 8. The number of hydrogen-bond acceptors (Lipinski definition) is 7. The number of halogens is 1. The van der Waals surface area contributed by atoms with Gasteiger partial charge in [0, 0.05) is 57.1 Å². The molecule has 2 heterocycles. The Morgan fingerprint density at radius 2 is 1.86 bits per heavy atom. The zero-order chi connectivity index (χ0) is 24.8. The van der Waals surface area contributed by atoms with Crippen molar-refractivity contribution < 1.29 is 14.5 Å². The Hall–Kier alpha value is -3.25. The molecule has 1 aliphatic rings. The smallest absolute Gasteiger partial charge is 0.282 e. The quantitative estimate of drug-likeness (QED) is 0.223. The molecule has 3 aromatic rings. The van der Waals surface area contributed by atoms with Crippen LogP contribution in [-0.4, -0.2) is 67.1 Å². The molecule has 1 aromatic heterocycles. The van der Waals surface area contributed by atoms with E-state index in [-0.39, 0.29) is 11.6 Å². The maximum absolute atomic E-state index is 13.4. The number of carbonyl (C=O) groups excluding carboxylic acids is 1. The van der Waals surface area contributed by atoms with Gasteiger partial charge in [0.15, 0.2) is 0 Å². The van der Waals surface area contributed by atoms with Gasteiger partial charge in [-0.15, -0.1) is 0 Å². The number of benzene rings is 2. The second kappa shape index (κ2) is 11.5. The molecule has 35 heavy (non-hydrogen) atoms. The molecule has 9 nitrogen and oxygen atoms in total. The lowest BCUT2D eigenvalue weighted by Gasteiger charge is -2.37. The van der Waals surface area contributed by atoms with Crippen LogP contribution in [0.5, 0.6) is 5.75 Å². The van der Waals surface area contributed by atoms with Crippen molar-refractivity contribution in [1.82, 2.24) is 9.88 Å². The minimum Gasteiger partial charge on any atom is -0.495 e. The van der Waals surface area contributed by atoms with Crippen molar-refractivity contribution in [2.24, 2.45) is 0 Å². The van der Waals surface area contributed by atoms with E-state index in [0.29, 0.717) is 28.0 Å². The van der Waals surface area contributed by atoms with Crippen LogP contribution >= 0.6 is 22.6 Å².